The van der Waals surface area contributed by atoms with Crippen molar-refractivity contribution in [3.63, 3.8) is 0 Å². The molecule has 0 N–H and O–H groups in total. The Morgan fingerprint density at radius 2 is 1.54 bits per heavy atom. The van der Waals surface area contributed by atoms with E-state index < -0.39 is 10.1 Å². The third-order valence-corrected chi connectivity index (χ3v) is 2.36. The minimum absolute atomic E-state index is 0.139. The second-order valence-corrected chi connectivity index (χ2v) is 3.57. The van der Waals surface area contributed by atoms with E-state index in [1.807, 2.05) is 13.8 Å². The van der Waals surface area contributed by atoms with E-state index in [0.29, 0.717) is 5.56 Å². The Labute approximate surface area is 79.2 Å². The van der Waals surface area contributed by atoms with Gasteiger partial charge in [0.25, 0.3) is 0 Å². The third-order valence-electron chi connectivity index (χ3n) is 1.36. The van der Waals surface area contributed by atoms with E-state index in [9.17, 15) is 13.0 Å². The highest BCUT2D eigenvalue weighted by atomic mass is 32.2. The lowest BCUT2D eigenvalue weighted by molar-refractivity contribution is 0.414. The molecule has 13 heavy (non-hydrogen) atoms. The van der Waals surface area contributed by atoms with Crippen molar-refractivity contribution >= 4 is 10.1 Å². The van der Waals surface area contributed by atoms with Crippen LogP contribution in [0.2, 0.25) is 0 Å². The molecule has 0 aliphatic heterocycles. The van der Waals surface area contributed by atoms with E-state index in [1.54, 1.807) is 19.1 Å². The van der Waals surface area contributed by atoms with Crippen molar-refractivity contribution in [1.82, 2.24) is 0 Å². The van der Waals surface area contributed by atoms with Crippen molar-refractivity contribution < 1.29 is 13.0 Å². The van der Waals surface area contributed by atoms with Crippen LogP contribution in [0.15, 0.2) is 29.2 Å². The van der Waals surface area contributed by atoms with Gasteiger partial charge in [-0.05, 0) is 18.6 Å². The van der Waals surface area contributed by atoms with E-state index >= 15 is 0 Å². The largest absolute Gasteiger partial charge is 0.324 e. The fourth-order valence-corrected chi connectivity index (χ4v) is 1.54. The maximum atomic E-state index is 10.5. The van der Waals surface area contributed by atoms with Gasteiger partial charge in [-0.25, -0.2) is 0 Å². The van der Waals surface area contributed by atoms with Crippen molar-refractivity contribution in [2.75, 3.05) is 0 Å². The summed E-state index contributed by atoms with van der Waals surface area (Å²) in [7, 11) is -4.28. The summed E-state index contributed by atoms with van der Waals surface area (Å²) >= 11 is 0. The highest BCUT2D eigenvalue weighted by molar-refractivity contribution is 7.85. The monoisotopic (exact) mass is 201 g/mol. The fourth-order valence-electron chi connectivity index (χ4n) is 0.837. The first-order valence-electron chi connectivity index (χ1n) is 4.03. The molecule has 0 amide bonds. The Morgan fingerprint density at radius 3 is 1.85 bits per heavy atom. The molecule has 0 saturated carbocycles. The van der Waals surface area contributed by atoms with Gasteiger partial charge >= 0.3 is 10.1 Å². The first-order chi connectivity index (χ1) is 6.02. The van der Waals surface area contributed by atoms with E-state index in [4.69, 9.17) is 0 Å². The van der Waals surface area contributed by atoms with Crippen molar-refractivity contribution in [1.29, 1.82) is 0 Å². The first kappa shape index (κ1) is 12.1. The van der Waals surface area contributed by atoms with Crippen molar-refractivity contribution in [2.24, 2.45) is 0 Å². The molecule has 0 aliphatic rings. The molecule has 0 saturated heterocycles. The number of hydrogen-bond acceptors (Lipinski definition) is 2. The van der Waals surface area contributed by atoms with Crippen molar-refractivity contribution in [2.45, 2.75) is 25.7 Å². The number of rotatable bonds is 1. The zero-order valence-corrected chi connectivity index (χ0v) is 8.76. The van der Waals surface area contributed by atoms with Crippen LogP contribution in [0.3, 0.4) is 0 Å². The fraction of sp³-hybridized carbons (Fsp3) is 0.333. The Hall–Kier alpha value is -0.870. The standard InChI is InChI=1S/C7H7O3S.C2H6/c1-6-4-2-3-5-7(6)11(8,9)10;1-2/h2-5H,1H3;1-2H3. The Kier molecular flexibility index (Phi) is 4.66. The molecule has 0 aliphatic carbocycles. The second kappa shape index (κ2) is 4.99. The first-order valence-corrected chi connectivity index (χ1v) is 5.44. The van der Waals surface area contributed by atoms with Gasteiger partial charge in [0.1, 0.15) is 0 Å². The molecule has 1 aromatic carbocycles. The highest BCUT2D eigenvalue weighted by Gasteiger charge is 2.12. The Bertz CT molecular complexity index is 355. The molecule has 3 nitrogen and oxygen atoms in total. The summed E-state index contributed by atoms with van der Waals surface area (Å²) in [5.41, 5.74) is 0.488. The highest BCUT2D eigenvalue weighted by Crippen LogP contribution is 2.13. The van der Waals surface area contributed by atoms with Gasteiger partial charge in [0.2, 0.25) is 0 Å². The van der Waals surface area contributed by atoms with Gasteiger partial charge < -0.3 is 0 Å². The number of benzene rings is 1. The second-order valence-electron chi connectivity index (χ2n) is 2.22. The summed E-state index contributed by atoms with van der Waals surface area (Å²) in [6, 6.07) is 6.10. The predicted octanol–water partition coefficient (Wildman–Crippen LogP) is 2.14. The molecule has 1 aromatic rings. The molecule has 0 fully saturated rings. The molecule has 1 rings (SSSR count). The molecule has 73 valence electrons. The summed E-state index contributed by atoms with van der Waals surface area (Å²) in [6.45, 7) is 5.59. The van der Waals surface area contributed by atoms with Gasteiger partial charge in [-0.15, -0.1) is 0 Å². The minimum Gasteiger partial charge on any atom is -0.192 e. The van der Waals surface area contributed by atoms with Crippen LogP contribution in [0.25, 0.3) is 0 Å². The molecule has 0 heterocycles. The van der Waals surface area contributed by atoms with Gasteiger partial charge in [0.15, 0.2) is 0 Å². The van der Waals surface area contributed by atoms with Gasteiger partial charge in [-0.2, -0.15) is 8.42 Å². The zero-order chi connectivity index (χ0) is 10.5. The molecule has 0 atom stereocenters. The lowest BCUT2D eigenvalue weighted by Crippen LogP contribution is -1.97. The van der Waals surface area contributed by atoms with Gasteiger partial charge in [0, 0.05) is 0 Å². The van der Waals surface area contributed by atoms with Crippen molar-refractivity contribution in [3.05, 3.63) is 29.8 Å². The summed E-state index contributed by atoms with van der Waals surface area (Å²) in [4.78, 5) is -0.139. The molecule has 4 heteroatoms. The molecule has 0 aromatic heterocycles. The molecular weight excluding hydrogens is 188 g/mol. The Morgan fingerprint density at radius 1 is 1.08 bits per heavy atom. The van der Waals surface area contributed by atoms with Gasteiger partial charge in [0.05, 0.1) is 4.90 Å². The average Bonchev–Trinajstić information content (AvgIpc) is 2.07. The van der Waals surface area contributed by atoms with Crippen LogP contribution >= 0.6 is 0 Å². The van der Waals surface area contributed by atoms with Crippen LogP contribution in [0.4, 0.5) is 0 Å². The lowest BCUT2D eigenvalue weighted by atomic mass is 10.2. The quantitative estimate of drug-likeness (QED) is 0.699. The van der Waals surface area contributed by atoms with Crippen LogP contribution in [-0.2, 0) is 14.7 Å². The summed E-state index contributed by atoms with van der Waals surface area (Å²) in [6.07, 6.45) is 0. The van der Waals surface area contributed by atoms with Crippen molar-refractivity contribution in [3.8, 4) is 0 Å². The van der Waals surface area contributed by atoms with Crippen LogP contribution < -0.4 is 0 Å². The third kappa shape index (κ3) is 3.57. The van der Waals surface area contributed by atoms with Gasteiger partial charge in [-0.1, -0.05) is 36.6 Å². The minimum atomic E-state index is -4.28. The van der Waals surface area contributed by atoms with E-state index in [0.717, 1.165) is 0 Å². The summed E-state index contributed by atoms with van der Waals surface area (Å²) in [5, 5.41) is 0. The van der Waals surface area contributed by atoms with Crippen LogP contribution in [0.5, 0.6) is 0 Å². The number of hydrogen-bond donors (Lipinski definition) is 0. The van der Waals surface area contributed by atoms with Crippen LogP contribution in [-0.4, -0.2) is 8.42 Å². The van der Waals surface area contributed by atoms with Crippen LogP contribution in [0, 0.1) is 6.92 Å². The number of aryl methyl sites for hydroxylation is 1. The summed E-state index contributed by atoms with van der Waals surface area (Å²) < 4.78 is 31.5. The van der Waals surface area contributed by atoms with E-state index in [-0.39, 0.29) is 4.90 Å². The molecule has 0 unspecified atom stereocenters. The van der Waals surface area contributed by atoms with Gasteiger partial charge in [-0.3, -0.25) is 0 Å². The lowest BCUT2D eigenvalue weighted by Gasteiger charge is -1.97. The van der Waals surface area contributed by atoms with E-state index in [2.05, 4.69) is 0 Å². The molecule has 0 bridgehead atoms. The smallest absolute Gasteiger partial charge is 0.192 e. The Balaban J connectivity index is 0.000000671. The normalized spacial score (nSPS) is 10.2. The maximum absolute atomic E-state index is 10.5. The molecular formula is C9H13O3S. The average molecular weight is 201 g/mol. The summed E-state index contributed by atoms with van der Waals surface area (Å²) in [5.74, 6) is 0. The van der Waals surface area contributed by atoms with E-state index in [1.165, 1.54) is 12.1 Å². The molecule has 0 spiro atoms. The SMILES string of the molecule is CC.Cc1ccccc1S([O])(=O)=O. The van der Waals surface area contributed by atoms with Crippen LogP contribution in [0.1, 0.15) is 19.4 Å². The predicted molar refractivity (Wildman–Crippen MR) is 50.4 cm³/mol. The maximum Gasteiger partial charge on any atom is 0.324 e. The topological polar surface area (TPSA) is 54.0 Å². The molecule has 1 radical (unpaired) electrons. The zero-order valence-electron chi connectivity index (χ0n) is 7.94.